The molecular weight excluding hydrogens is 384 g/mol. The van der Waals surface area contributed by atoms with E-state index in [1.807, 2.05) is 73.3 Å². The summed E-state index contributed by atoms with van der Waals surface area (Å²) in [6.07, 6.45) is 2.88. The minimum Gasteiger partial charge on any atom is -0.351 e. The maximum absolute atomic E-state index is 12.4. The molecule has 3 aromatic rings. The maximum atomic E-state index is 12.4. The first-order valence-corrected chi connectivity index (χ1v) is 9.77. The minimum atomic E-state index is -0.496. The topological polar surface area (TPSA) is 72.9 Å². The Hall–Kier alpha value is -2.63. The van der Waals surface area contributed by atoms with E-state index in [-0.39, 0.29) is 24.2 Å². The van der Waals surface area contributed by atoms with Gasteiger partial charge >= 0.3 is 0 Å². The SMILES string of the molecule is CCC(C)C(N)C(=O)NCc1cn(Cc2ccccc2)nc1-c1ccccc1.Cl. The highest BCUT2D eigenvalue weighted by Gasteiger charge is 2.20. The Bertz CT molecular complexity index is 896. The molecule has 0 aliphatic carbocycles. The zero-order valence-electron chi connectivity index (χ0n) is 16.9. The van der Waals surface area contributed by atoms with Gasteiger partial charge in [0.1, 0.15) is 0 Å². The first kappa shape index (κ1) is 22.7. The summed E-state index contributed by atoms with van der Waals surface area (Å²) in [7, 11) is 0. The fourth-order valence-electron chi connectivity index (χ4n) is 3.10. The van der Waals surface area contributed by atoms with Crippen LogP contribution in [0.2, 0.25) is 0 Å². The van der Waals surface area contributed by atoms with Crippen molar-refractivity contribution in [3.63, 3.8) is 0 Å². The fourth-order valence-corrected chi connectivity index (χ4v) is 3.10. The summed E-state index contributed by atoms with van der Waals surface area (Å²) < 4.78 is 1.92. The van der Waals surface area contributed by atoms with E-state index in [4.69, 9.17) is 10.8 Å². The number of amides is 1. The van der Waals surface area contributed by atoms with Crippen molar-refractivity contribution in [3.8, 4) is 11.3 Å². The highest BCUT2D eigenvalue weighted by atomic mass is 35.5. The number of carbonyl (C=O) groups is 1. The van der Waals surface area contributed by atoms with Gasteiger partial charge in [-0.05, 0) is 11.5 Å². The number of benzene rings is 2. The fraction of sp³-hybridized carbons (Fsp3) is 0.304. The number of nitrogens with zero attached hydrogens (tertiary/aromatic N) is 2. The third kappa shape index (κ3) is 5.92. The molecule has 2 unspecified atom stereocenters. The van der Waals surface area contributed by atoms with E-state index in [0.29, 0.717) is 13.1 Å². The number of hydrogen-bond acceptors (Lipinski definition) is 3. The van der Waals surface area contributed by atoms with E-state index in [2.05, 4.69) is 17.4 Å². The lowest BCUT2D eigenvalue weighted by Crippen LogP contribution is -2.44. The monoisotopic (exact) mass is 412 g/mol. The summed E-state index contributed by atoms with van der Waals surface area (Å²) in [5.74, 6) is 0.0265. The number of rotatable bonds is 8. The average molecular weight is 413 g/mol. The molecule has 0 spiro atoms. The zero-order chi connectivity index (χ0) is 19.9. The molecule has 29 heavy (non-hydrogen) atoms. The van der Waals surface area contributed by atoms with E-state index in [1.165, 1.54) is 5.56 Å². The lowest BCUT2D eigenvalue weighted by molar-refractivity contribution is -0.123. The third-order valence-corrected chi connectivity index (χ3v) is 5.08. The molecule has 0 radical (unpaired) electrons. The van der Waals surface area contributed by atoms with Crippen molar-refractivity contribution >= 4 is 18.3 Å². The molecule has 5 nitrogen and oxygen atoms in total. The van der Waals surface area contributed by atoms with Gasteiger partial charge in [0.15, 0.2) is 0 Å². The smallest absolute Gasteiger partial charge is 0.237 e. The Morgan fingerprint density at radius 3 is 2.34 bits per heavy atom. The second-order valence-corrected chi connectivity index (χ2v) is 7.18. The standard InChI is InChI=1S/C23H28N4O.ClH/c1-3-17(2)21(24)23(28)25-14-20-16-27(15-18-10-6-4-7-11-18)26-22(20)19-12-8-5-9-13-19;/h4-13,16-17,21H,3,14-15,24H2,1-2H3,(H,25,28);1H. The molecule has 2 atom stereocenters. The average Bonchev–Trinajstić information content (AvgIpc) is 3.14. The molecule has 0 saturated carbocycles. The van der Waals surface area contributed by atoms with E-state index in [9.17, 15) is 4.79 Å². The zero-order valence-corrected chi connectivity index (χ0v) is 17.7. The van der Waals surface area contributed by atoms with Crippen LogP contribution >= 0.6 is 12.4 Å². The van der Waals surface area contributed by atoms with Crippen LogP contribution in [-0.4, -0.2) is 21.7 Å². The molecular formula is C23H29ClN4O. The molecule has 0 aliphatic heterocycles. The molecule has 6 heteroatoms. The van der Waals surface area contributed by atoms with Crippen molar-refractivity contribution in [2.24, 2.45) is 11.7 Å². The summed E-state index contributed by atoms with van der Waals surface area (Å²) in [5.41, 5.74) is 10.1. The molecule has 1 amide bonds. The van der Waals surface area contributed by atoms with Gasteiger partial charge in [0.2, 0.25) is 5.91 Å². The van der Waals surface area contributed by atoms with E-state index in [0.717, 1.165) is 23.2 Å². The number of nitrogens with two attached hydrogens (primary N) is 1. The van der Waals surface area contributed by atoms with Crippen molar-refractivity contribution in [1.82, 2.24) is 15.1 Å². The Morgan fingerprint density at radius 2 is 1.72 bits per heavy atom. The first-order chi connectivity index (χ1) is 13.6. The number of aromatic nitrogens is 2. The van der Waals surface area contributed by atoms with Crippen molar-refractivity contribution < 1.29 is 4.79 Å². The van der Waals surface area contributed by atoms with E-state index in [1.54, 1.807) is 0 Å². The molecule has 154 valence electrons. The third-order valence-electron chi connectivity index (χ3n) is 5.08. The maximum Gasteiger partial charge on any atom is 0.237 e. The molecule has 0 fully saturated rings. The summed E-state index contributed by atoms with van der Waals surface area (Å²) in [6, 6.07) is 19.7. The van der Waals surface area contributed by atoms with Gasteiger partial charge in [-0.3, -0.25) is 9.48 Å². The second-order valence-electron chi connectivity index (χ2n) is 7.18. The van der Waals surface area contributed by atoms with Crippen LogP contribution in [0, 0.1) is 5.92 Å². The normalized spacial score (nSPS) is 12.7. The quantitative estimate of drug-likeness (QED) is 0.587. The molecule has 0 saturated heterocycles. The molecule has 0 aliphatic rings. The molecule has 3 N–H and O–H groups in total. The van der Waals surface area contributed by atoms with Gasteiger partial charge in [-0.2, -0.15) is 5.10 Å². The van der Waals surface area contributed by atoms with Crippen LogP contribution in [-0.2, 0) is 17.9 Å². The van der Waals surface area contributed by atoms with Crippen molar-refractivity contribution in [1.29, 1.82) is 0 Å². The number of halogens is 1. The molecule has 3 rings (SSSR count). The predicted molar refractivity (Wildman–Crippen MR) is 120 cm³/mol. The lowest BCUT2D eigenvalue weighted by Gasteiger charge is -2.17. The summed E-state index contributed by atoms with van der Waals surface area (Å²) >= 11 is 0. The molecule has 0 bridgehead atoms. The van der Waals surface area contributed by atoms with Gasteiger partial charge in [0.05, 0.1) is 18.3 Å². The van der Waals surface area contributed by atoms with Gasteiger partial charge in [0, 0.05) is 23.9 Å². The van der Waals surface area contributed by atoms with Gasteiger partial charge in [-0.1, -0.05) is 80.9 Å². The van der Waals surface area contributed by atoms with Crippen LogP contribution in [0.4, 0.5) is 0 Å². The van der Waals surface area contributed by atoms with Crippen molar-refractivity contribution in [3.05, 3.63) is 78.0 Å². The second kappa shape index (κ2) is 10.8. The van der Waals surface area contributed by atoms with Gasteiger partial charge in [-0.25, -0.2) is 0 Å². The Kier molecular flexibility index (Phi) is 8.43. The molecule has 1 heterocycles. The number of hydrogen-bond donors (Lipinski definition) is 2. The first-order valence-electron chi connectivity index (χ1n) is 9.77. The Labute approximate surface area is 178 Å². The van der Waals surface area contributed by atoms with Gasteiger partial charge in [0.25, 0.3) is 0 Å². The Morgan fingerprint density at radius 1 is 1.10 bits per heavy atom. The van der Waals surface area contributed by atoms with Crippen LogP contribution in [0.15, 0.2) is 66.9 Å². The largest absolute Gasteiger partial charge is 0.351 e. The highest BCUT2D eigenvalue weighted by Crippen LogP contribution is 2.22. The van der Waals surface area contributed by atoms with Crippen LogP contribution < -0.4 is 11.1 Å². The Balaban J connectivity index is 0.00000300. The lowest BCUT2D eigenvalue weighted by atomic mass is 9.99. The molecule has 1 aromatic heterocycles. The number of nitrogens with one attached hydrogen (secondary N) is 1. The highest BCUT2D eigenvalue weighted by molar-refractivity contribution is 5.85. The summed E-state index contributed by atoms with van der Waals surface area (Å²) in [4.78, 5) is 12.4. The van der Waals surface area contributed by atoms with Crippen molar-refractivity contribution in [2.75, 3.05) is 0 Å². The molecule has 2 aromatic carbocycles. The summed E-state index contributed by atoms with van der Waals surface area (Å²) in [6.45, 7) is 5.12. The van der Waals surface area contributed by atoms with Gasteiger partial charge < -0.3 is 11.1 Å². The van der Waals surface area contributed by atoms with E-state index < -0.39 is 6.04 Å². The van der Waals surface area contributed by atoms with Crippen LogP contribution in [0.25, 0.3) is 11.3 Å². The van der Waals surface area contributed by atoms with Crippen molar-refractivity contribution in [2.45, 2.75) is 39.4 Å². The van der Waals surface area contributed by atoms with Crippen LogP contribution in [0.1, 0.15) is 31.4 Å². The predicted octanol–water partition coefficient (Wildman–Crippen LogP) is 4.01. The summed E-state index contributed by atoms with van der Waals surface area (Å²) in [5, 5.41) is 7.77. The minimum absolute atomic E-state index is 0. The van der Waals surface area contributed by atoms with Crippen LogP contribution in [0.3, 0.4) is 0 Å². The van der Waals surface area contributed by atoms with Gasteiger partial charge in [-0.15, -0.1) is 12.4 Å². The van der Waals surface area contributed by atoms with E-state index >= 15 is 0 Å². The van der Waals surface area contributed by atoms with Crippen LogP contribution in [0.5, 0.6) is 0 Å². The number of carbonyl (C=O) groups excluding carboxylic acids is 1.